The van der Waals surface area contributed by atoms with Crippen LogP contribution in [0.15, 0.2) is 40.9 Å². The molecule has 0 atom stereocenters. The quantitative estimate of drug-likeness (QED) is 0.690. The van der Waals surface area contributed by atoms with Crippen LogP contribution in [0.3, 0.4) is 0 Å². The first kappa shape index (κ1) is 13.7. The minimum absolute atomic E-state index is 0.0716. The van der Waals surface area contributed by atoms with Crippen LogP contribution in [-0.4, -0.2) is 5.78 Å². The molecule has 19 heavy (non-hydrogen) atoms. The Bertz CT molecular complexity index is 643. The van der Waals surface area contributed by atoms with Crippen molar-refractivity contribution in [1.82, 2.24) is 0 Å². The van der Waals surface area contributed by atoms with E-state index < -0.39 is 17.4 Å². The molecule has 0 amide bonds. The molecule has 0 aliphatic rings. The molecule has 2 rings (SSSR count). The monoisotopic (exact) mass is 325 g/mol. The standard InChI is InChI=1S/C14H10BrF2NO/c15-9-2-1-8(12(17)6-9)5-14(19)11-7-10(16)3-4-13(11)18/h1-4,6-7H,5,18H2. The second-order valence-electron chi connectivity index (χ2n) is 4.07. The lowest BCUT2D eigenvalue weighted by Crippen LogP contribution is -2.08. The topological polar surface area (TPSA) is 43.1 Å². The molecule has 0 aliphatic heterocycles. The van der Waals surface area contributed by atoms with Crippen molar-refractivity contribution in [2.24, 2.45) is 0 Å². The summed E-state index contributed by atoms with van der Waals surface area (Å²) in [5, 5.41) is 0. The van der Waals surface area contributed by atoms with Gasteiger partial charge in [0.05, 0.1) is 0 Å². The average molecular weight is 326 g/mol. The van der Waals surface area contributed by atoms with Crippen LogP contribution in [0.5, 0.6) is 0 Å². The van der Waals surface area contributed by atoms with Gasteiger partial charge in [-0.1, -0.05) is 22.0 Å². The summed E-state index contributed by atoms with van der Waals surface area (Å²) in [7, 11) is 0. The van der Waals surface area contributed by atoms with E-state index in [1.54, 1.807) is 6.07 Å². The van der Waals surface area contributed by atoms with E-state index in [1.807, 2.05) is 0 Å². The molecule has 0 saturated carbocycles. The zero-order chi connectivity index (χ0) is 14.0. The third-order valence-corrected chi connectivity index (χ3v) is 3.18. The Labute approximate surface area is 117 Å². The maximum atomic E-state index is 13.6. The number of anilines is 1. The van der Waals surface area contributed by atoms with Crippen molar-refractivity contribution < 1.29 is 13.6 Å². The summed E-state index contributed by atoms with van der Waals surface area (Å²) in [4.78, 5) is 12.0. The van der Waals surface area contributed by atoms with Crippen molar-refractivity contribution in [3.05, 3.63) is 63.6 Å². The fourth-order valence-electron chi connectivity index (χ4n) is 1.70. The number of nitrogen functional groups attached to an aromatic ring is 1. The Morgan fingerprint density at radius 3 is 2.58 bits per heavy atom. The second-order valence-corrected chi connectivity index (χ2v) is 4.98. The van der Waals surface area contributed by atoms with E-state index in [4.69, 9.17) is 5.73 Å². The van der Waals surface area contributed by atoms with Gasteiger partial charge in [0.1, 0.15) is 11.6 Å². The summed E-state index contributed by atoms with van der Waals surface area (Å²) in [6, 6.07) is 7.98. The molecular formula is C14H10BrF2NO. The summed E-state index contributed by atoms with van der Waals surface area (Å²) < 4.78 is 27.3. The van der Waals surface area contributed by atoms with Gasteiger partial charge in [0.15, 0.2) is 5.78 Å². The van der Waals surface area contributed by atoms with Crippen LogP contribution < -0.4 is 5.73 Å². The van der Waals surface area contributed by atoms with Crippen molar-refractivity contribution in [3.8, 4) is 0 Å². The molecule has 0 bridgehead atoms. The van der Waals surface area contributed by atoms with Crippen molar-refractivity contribution in [1.29, 1.82) is 0 Å². The molecular weight excluding hydrogens is 316 g/mol. The first-order chi connectivity index (χ1) is 8.97. The number of Topliss-reactive ketones (excluding diaryl/α,β-unsaturated/α-hetero) is 1. The summed E-state index contributed by atoms with van der Waals surface area (Å²) in [6.07, 6.45) is -0.160. The highest BCUT2D eigenvalue weighted by Crippen LogP contribution is 2.20. The van der Waals surface area contributed by atoms with Gasteiger partial charge in [0.25, 0.3) is 0 Å². The lowest BCUT2D eigenvalue weighted by molar-refractivity contribution is 0.0992. The molecule has 0 radical (unpaired) electrons. The lowest BCUT2D eigenvalue weighted by atomic mass is 10.0. The van der Waals surface area contributed by atoms with Crippen LogP contribution in [0.25, 0.3) is 0 Å². The predicted molar refractivity (Wildman–Crippen MR) is 72.9 cm³/mol. The molecule has 0 spiro atoms. The fourth-order valence-corrected chi connectivity index (χ4v) is 2.04. The lowest BCUT2D eigenvalue weighted by Gasteiger charge is -2.06. The van der Waals surface area contributed by atoms with E-state index in [1.165, 1.54) is 24.3 Å². The minimum Gasteiger partial charge on any atom is -0.398 e. The molecule has 5 heteroatoms. The zero-order valence-electron chi connectivity index (χ0n) is 9.79. The van der Waals surface area contributed by atoms with Gasteiger partial charge in [0.2, 0.25) is 0 Å². The van der Waals surface area contributed by atoms with Crippen LogP contribution in [0.4, 0.5) is 14.5 Å². The van der Waals surface area contributed by atoms with Crippen LogP contribution >= 0.6 is 15.9 Å². The van der Waals surface area contributed by atoms with Crippen LogP contribution in [0, 0.1) is 11.6 Å². The van der Waals surface area contributed by atoms with Gasteiger partial charge in [-0.2, -0.15) is 0 Å². The highest BCUT2D eigenvalue weighted by atomic mass is 79.9. The molecule has 0 heterocycles. The molecule has 2 N–H and O–H groups in total. The maximum absolute atomic E-state index is 13.6. The normalized spacial score (nSPS) is 10.5. The summed E-state index contributed by atoms with van der Waals surface area (Å²) in [5.41, 5.74) is 6.12. The van der Waals surface area contributed by atoms with Crippen molar-refractivity contribution in [2.45, 2.75) is 6.42 Å². The van der Waals surface area contributed by atoms with Gasteiger partial charge in [-0.25, -0.2) is 8.78 Å². The van der Waals surface area contributed by atoms with Gasteiger partial charge in [-0.05, 0) is 35.9 Å². The van der Waals surface area contributed by atoms with Gasteiger partial charge < -0.3 is 5.73 Å². The van der Waals surface area contributed by atoms with E-state index in [0.29, 0.717) is 4.47 Å². The molecule has 2 nitrogen and oxygen atoms in total. The third-order valence-electron chi connectivity index (χ3n) is 2.68. The van der Waals surface area contributed by atoms with Crippen LogP contribution in [0.1, 0.15) is 15.9 Å². The molecule has 0 aliphatic carbocycles. The Kier molecular flexibility index (Phi) is 3.95. The van der Waals surface area contributed by atoms with E-state index in [-0.39, 0.29) is 23.2 Å². The molecule has 0 saturated heterocycles. The van der Waals surface area contributed by atoms with Crippen LogP contribution in [0.2, 0.25) is 0 Å². The first-order valence-electron chi connectivity index (χ1n) is 5.49. The van der Waals surface area contributed by atoms with Gasteiger partial charge in [0, 0.05) is 22.1 Å². The van der Waals surface area contributed by atoms with E-state index >= 15 is 0 Å². The van der Waals surface area contributed by atoms with E-state index in [0.717, 1.165) is 6.07 Å². The number of hydrogen-bond donors (Lipinski definition) is 1. The number of rotatable bonds is 3. The largest absolute Gasteiger partial charge is 0.398 e. The summed E-state index contributed by atoms with van der Waals surface area (Å²) in [5.74, 6) is -1.45. The SMILES string of the molecule is Nc1ccc(F)cc1C(=O)Cc1ccc(Br)cc1F. The highest BCUT2D eigenvalue weighted by Gasteiger charge is 2.14. The van der Waals surface area contributed by atoms with E-state index in [2.05, 4.69) is 15.9 Å². The van der Waals surface area contributed by atoms with Crippen molar-refractivity contribution in [3.63, 3.8) is 0 Å². The van der Waals surface area contributed by atoms with Gasteiger partial charge in [-0.15, -0.1) is 0 Å². The van der Waals surface area contributed by atoms with Crippen molar-refractivity contribution in [2.75, 3.05) is 5.73 Å². The van der Waals surface area contributed by atoms with E-state index in [9.17, 15) is 13.6 Å². The van der Waals surface area contributed by atoms with Gasteiger partial charge >= 0.3 is 0 Å². The van der Waals surface area contributed by atoms with Crippen molar-refractivity contribution >= 4 is 27.4 Å². The molecule has 2 aromatic rings. The number of nitrogens with two attached hydrogens (primary N) is 1. The number of benzene rings is 2. The Morgan fingerprint density at radius 1 is 1.16 bits per heavy atom. The number of carbonyl (C=O) groups is 1. The minimum atomic E-state index is -0.547. The number of hydrogen-bond acceptors (Lipinski definition) is 2. The molecule has 98 valence electrons. The van der Waals surface area contributed by atoms with Gasteiger partial charge in [-0.3, -0.25) is 4.79 Å². The second kappa shape index (κ2) is 5.48. The Hall–Kier alpha value is -1.75. The fraction of sp³-hybridized carbons (Fsp3) is 0.0714. The number of carbonyl (C=O) groups excluding carboxylic acids is 1. The molecule has 0 fully saturated rings. The smallest absolute Gasteiger partial charge is 0.169 e. The molecule has 0 aromatic heterocycles. The first-order valence-corrected chi connectivity index (χ1v) is 6.29. The third kappa shape index (κ3) is 3.17. The highest BCUT2D eigenvalue weighted by molar-refractivity contribution is 9.10. The Balaban J connectivity index is 2.28. The number of halogens is 3. The molecule has 0 unspecified atom stereocenters. The van der Waals surface area contributed by atoms with Crippen LogP contribution in [-0.2, 0) is 6.42 Å². The summed E-state index contributed by atoms with van der Waals surface area (Å²) >= 11 is 3.13. The number of ketones is 1. The molecule has 2 aromatic carbocycles. The predicted octanol–water partition coefficient (Wildman–Crippen LogP) is 3.73. The summed E-state index contributed by atoms with van der Waals surface area (Å²) in [6.45, 7) is 0. The average Bonchev–Trinajstić information content (AvgIpc) is 2.35. The maximum Gasteiger partial charge on any atom is 0.169 e. The Morgan fingerprint density at radius 2 is 1.89 bits per heavy atom. The zero-order valence-corrected chi connectivity index (χ0v) is 11.4.